The van der Waals surface area contributed by atoms with Gasteiger partial charge in [0.2, 0.25) is 0 Å². The molecular weight excluding hydrogens is 208 g/mol. The standard InChI is InChI=1S/C11H18N2O3/c1-7(10(15)16-5)13-9(14)6-8(12-13)11(2,3)4/h6-7,12H,1-5H3/t7-/m0/s1. The van der Waals surface area contributed by atoms with Crippen LogP contribution in [-0.4, -0.2) is 22.9 Å². The molecule has 1 rings (SSSR count). The van der Waals surface area contributed by atoms with Crippen LogP contribution in [0.3, 0.4) is 0 Å². The molecule has 1 N–H and O–H groups in total. The van der Waals surface area contributed by atoms with Crippen LogP contribution < -0.4 is 5.56 Å². The lowest BCUT2D eigenvalue weighted by Crippen LogP contribution is -2.27. The van der Waals surface area contributed by atoms with Gasteiger partial charge in [-0.15, -0.1) is 0 Å². The van der Waals surface area contributed by atoms with Gasteiger partial charge in [0.15, 0.2) is 0 Å². The fraction of sp³-hybridized carbons (Fsp3) is 0.636. The van der Waals surface area contributed by atoms with Gasteiger partial charge in [-0.25, -0.2) is 9.48 Å². The molecule has 0 bridgehead atoms. The van der Waals surface area contributed by atoms with E-state index in [4.69, 9.17) is 0 Å². The minimum atomic E-state index is -0.631. The molecular formula is C11H18N2O3. The van der Waals surface area contributed by atoms with Crippen LogP contribution in [0, 0.1) is 0 Å². The Balaban J connectivity index is 3.13. The first-order chi connectivity index (χ1) is 7.27. The number of aromatic amines is 1. The smallest absolute Gasteiger partial charge is 0.330 e. The molecule has 0 aromatic carbocycles. The zero-order valence-corrected chi connectivity index (χ0v) is 10.3. The van der Waals surface area contributed by atoms with Crippen LogP contribution in [0.25, 0.3) is 0 Å². The van der Waals surface area contributed by atoms with Crippen LogP contribution >= 0.6 is 0 Å². The molecule has 0 aliphatic heterocycles. The lowest BCUT2D eigenvalue weighted by atomic mass is 9.93. The Hall–Kier alpha value is -1.52. The minimum absolute atomic E-state index is 0.153. The van der Waals surface area contributed by atoms with Gasteiger partial charge in [0.25, 0.3) is 5.56 Å². The van der Waals surface area contributed by atoms with Crippen LogP contribution in [-0.2, 0) is 14.9 Å². The second-order valence-corrected chi connectivity index (χ2v) is 4.83. The third-order valence-electron chi connectivity index (χ3n) is 2.48. The fourth-order valence-corrected chi connectivity index (χ4v) is 1.36. The van der Waals surface area contributed by atoms with E-state index >= 15 is 0 Å². The number of nitrogens with zero attached hydrogens (tertiary/aromatic N) is 1. The third-order valence-corrected chi connectivity index (χ3v) is 2.48. The number of carbonyl (C=O) groups excluding carboxylic acids is 1. The molecule has 0 radical (unpaired) electrons. The average molecular weight is 226 g/mol. The maximum atomic E-state index is 11.7. The summed E-state index contributed by atoms with van der Waals surface area (Å²) >= 11 is 0. The molecule has 0 spiro atoms. The average Bonchev–Trinajstić information content (AvgIpc) is 2.57. The first-order valence-electron chi connectivity index (χ1n) is 5.17. The van der Waals surface area contributed by atoms with Crippen molar-refractivity contribution in [2.24, 2.45) is 0 Å². The van der Waals surface area contributed by atoms with Crippen LogP contribution in [0.4, 0.5) is 0 Å². The highest BCUT2D eigenvalue weighted by Gasteiger charge is 2.22. The van der Waals surface area contributed by atoms with Crippen molar-refractivity contribution >= 4 is 5.97 Å². The largest absolute Gasteiger partial charge is 0.467 e. The van der Waals surface area contributed by atoms with Gasteiger partial charge in [0, 0.05) is 17.2 Å². The number of aromatic nitrogens is 2. The lowest BCUT2D eigenvalue weighted by molar-refractivity contribution is -0.144. The van der Waals surface area contributed by atoms with Crippen molar-refractivity contribution in [3.63, 3.8) is 0 Å². The summed E-state index contributed by atoms with van der Waals surface area (Å²) in [6.45, 7) is 7.60. The van der Waals surface area contributed by atoms with Crippen molar-refractivity contribution in [3.05, 3.63) is 22.1 Å². The molecule has 1 atom stereocenters. The second-order valence-electron chi connectivity index (χ2n) is 4.83. The maximum absolute atomic E-state index is 11.7. The summed E-state index contributed by atoms with van der Waals surface area (Å²) < 4.78 is 5.88. The van der Waals surface area contributed by atoms with Gasteiger partial charge in [0.05, 0.1) is 7.11 Å². The molecule has 5 heteroatoms. The van der Waals surface area contributed by atoms with Gasteiger partial charge >= 0.3 is 5.97 Å². The molecule has 0 unspecified atom stereocenters. The highest BCUT2D eigenvalue weighted by Crippen LogP contribution is 2.19. The Morgan fingerprint density at radius 1 is 1.50 bits per heavy atom. The number of nitrogens with one attached hydrogen (secondary N) is 1. The zero-order valence-electron chi connectivity index (χ0n) is 10.3. The van der Waals surface area contributed by atoms with Crippen LogP contribution in [0.15, 0.2) is 10.9 Å². The molecule has 1 aromatic heterocycles. The van der Waals surface area contributed by atoms with Gasteiger partial charge in [-0.05, 0) is 6.92 Å². The zero-order chi connectivity index (χ0) is 12.5. The Morgan fingerprint density at radius 3 is 2.44 bits per heavy atom. The van der Waals surface area contributed by atoms with Gasteiger partial charge in [0.1, 0.15) is 6.04 Å². The van der Waals surface area contributed by atoms with Crippen molar-refractivity contribution in [1.82, 2.24) is 9.78 Å². The van der Waals surface area contributed by atoms with E-state index in [0.717, 1.165) is 5.69 Å². The molecule has 0 aliphatic rings. The Kier molecular flexibility index (Phi) is 3.26. The van der Waals surface area contributed by atoms with E-state index < -0.39 is 12.0 Å². The van der Waals surface area contributed by atoms with Gasteiger partial charge in [-0.1, -0.05) is 20.8 Å². The third kappa shape index (κ3) is 2.35. The number of H-pyrrole nitrogens is 1. The molecule has 0 amide bonds. The number of esters is 1. The van der Waals surface area contributed by atoms with Crippen LogP contribution in [0.1, 0.15) is 39.4 Å². The quantitative estimate of drug-likeness (QED) is 0.771. The Morgan fingerprint density at radius 2 is 2.06 bits per heavy atom. The molecule has 90 valence electrons. The summed E-state index contributed by atoms with van der Waals surface area (Å²) in [5.74, 6) is -0.440. The summed E-state index contributed by atoms with van der Waals surface area (Å²) in [5, 5.41) is 2.94. The highest BCUT2D eigenvalue weighted by atomic mass is 16.5. The van der Waals surface area contributed by atoms with E-state index in [0.29, 0.717) is 0 Å². The molecule has 0 saturated carbocycles. The molecule has 16 heavy (non-hydrogen) atoms. The molecule has 0 aliphatic carbocycles. The first kappa shape index (κ1) is 12.5. The van der Waals surface area contributed by atoms with Crippen LogP contribution in [0.2, 0.25) is 0 Å². The van der Waals surface area contributed by atoms with E-state index in [-0.39, 0.29) is 11.0 Å². The Bertz CT molecular complexity index is 437. The summed E-state index contributed by atoms with van der Waals surface area (Å²) in [7, 11) is 1.30. The van der Waals surface area contributed by atoms with E-state index in [9.17, 15) is 9.59 Å². The van der Waals surface area contributed by atoms with Crippen molar-refractivity contribution in [3.8, 4) is 0 Å². The lowest BCUT2D eigenvalue weighted by Gasteiger charge is -2.16. The normalized spacial score (nSPS) is 13.6. The monoisotopic (exact) mass is 226 g/mol. The van der Waals surface area contributed by atoms with E-state index in [2.05, 4.69) is 9.84 Å². The molecule has 0 fully saturated rings. The molecule has 1 heterocycles. The number of methoxy groups -OCH3 is 1. The highest BCUT2D eigenvalue weighted by molar-refractivity contribution is 5.73. The summed E-state index contributed by atoms with van der Waals surface area (Å²) in [5.41, 5.74) is 0.427. The number of hydrogen-bond acceptors (Lipinski definition) is 3. The van der Waals surface area contributed by atoms with Crippen molar-refractivity contribution in [2.45, 2.75) is 39.2 Å². The predicted molar refractivity (Wildman–Crippen MR) is 60.5 cm³/mol. The summed E-state index contributed by atoms with van der Waals surface area (Å²) in [6.07, 6.45) is 0. The minimum Gasteiger partial charge on any atom is -0.467 e. The molecule has 0 saturated heterocycles. The van der Waals surface area contributed by atoms with Crippen molar-refractivity contribution in [1.29, 1.82) is 0 Å². The fourth-order valence-electron chi connectivity index (χ4n) is 1.36. The molecule has 5 nitrogen and oxygen atoms in total. The van der Waals surface area contributed by atoms with E-state index in [1.807, 2.05) is 20.8 Å². The predicted octanol–water partition coefficient (Wildman–Crippen LogP) is 1.21. The van der Waals surface area contributed by atoms with E-state index in [1.165, 1.54) is 17.9 Å². The van der Waals surface area contributed by atoms with Gasteiger partial charge in [-0.2, -0.15) is 0 Å². The van der Waals surface area contributed by atoms with Gasteiger partial charge < -0.3 is 4.74 Å². The molecule has 1 aromatic rings. The summed E-state index contributed by atoms with van der Waals surface area (Å²) in [4.78, 5) is 23.0. The number of hydrogen-bond donors (Lipinski definition) is 1. The number of rotatable bonds is 2. The topological polar surface area (TPSA) is 64.1 Å². The first-order valence-corrected chi connectivity index (χ1v) is 5.17. The number of carbonyl (C=O) groups is 1. The van der Waals surface area contributed by atoms with Crippen molar-refractivity contribution in [2.75, 3.05) is 7.11 Å². The van der Waals surface area contributed by atoms with E-state index in [1.54, 1.807) is 6.92 Å². The Labute approximate surface area is 94.4 Å². The van der Waals surface area contributed by atoms with Crippen LogP contribution in [0.5, 0.6) is 0 Å². The van der Waals surface area contributed by atoms with Crippen molar-refractivity contribution < 1.29 is 9.53 Å². The summed E-state index contributed by atoms with van der Waals surface area (Å²) in [6, 6.07) is 0.882. The van der Waals surface area contributed by atoms with Gasteiger partial charge in [-0.3, -0.25) is 9.89 Å². The SMILES string of the molecule is COC(=O)[C@H](C)n1[nH]c(C(C)(C)C)cc1=O. The maximum Gasteiger partial charge on any atom is 0.330 e. The second kappa shape index (κ2) is 4.15. The number of ether oxygens (including phenoxy) is 1.